The van der Waals surface area contributed by atoms with Crippen LogP contribution in [0.3, 0.4) is 0 Å². The summed E-state index contributed by atoms with van der Waals surface area (Å²) in [7, 11) is -1.90. The van der Waals surface area contributed by atoms with E-state index in [9.17, 15) is 13.2 Å². The largest absolute Gasteiger partial charge is 0.465 e. The number of hydrogen-bond acceptors (Lipinski definition) is 4. The van der Waals surface area contributed by atoms with Crippen molar-refractivity contribution in [3.63, 3.8) is 0 Å². The van der Waals surface area contributed by atoms with Gasteiger partial charge in [-0.1, -0.05) is 12.1 Å². The maximum absolute atomic E-state index is 12.0. The summed E-state index contributed by atoms with van der Waals surface area (Å²) in [6.45, 7) is 5.02. The third kappa shape index (κ3) is 3.32. The molecule has 0 heterocycles. The number of esters is 1. The summed E-state index contributed by atoms with van der Waals surface area (Å²) in [5, 5.41) is 0. The number of rotatable bonds is 3. The van der Waals surface area contributed by atoms with Gasteiger partial charge in [0.1, 0.15) is 0 Å². The van der Waals surface area contributed by atoms with Crippen LogP contribution in [-0.4, -0.2) is 26.2 Å². The maximum Gasteiger partial charge on any atom is 0.337 e. The molecule has 1 rings (SSSR count). The zero-order valence-electron chi connectivity index (χ0n) is 11.1. The summed E-state index contributed by atoms with van der Waals surface area (Å²) in [6, 6.07) is 6.41. The monoisotopic (exact) mass is 270 g/mol. The zero-order valence-corrected chi connectivity index (χ0v) is 11.9. The molecule has 0 atom stereocenters. The maximum atomic E-state index is 12.0. The number of hydrogen-bond donors (Lipinski definition) is 0. The van der Waals surface area contributed by atoms with Crippen LogP contribution in [0.5, 0.6) is 0 Å². The van der Waals surface area contributed by atoms with E-state index in [1.165, 1.54) is 7.11 Å². The molecule has 0 N–H and O–H groups in total. The van der Waals surface area contributed by atoms with Crippen molar-refractivity contribution in [2.75, 3.05) is 7.11 Å². The molecule has 0 aliphatic rings. The van der Waals surface area contributed by atoms with Crippen LogP contribution in [0.25, 0.3) is 0 Å². The fourth-order valence-corrected chi connectivity index (χ4v) is 2.36. The van der Waals surface area contributed by atoms with Gasteiger partial charge >= 0.3 is 5.97 Å². The van der Waals surface area contributed by atoms with Gasteiger partial charge in [-0.05, 0) is 38.5 Å². The number of carbonyl (C=O) groups excluding carboxylic acids is 1. The van der Waals surface area contributed by atoms with Crippen molar-refractivity contribution in [3.8, 4) is 0 Å². The van der Waals surface area contributed by atoms with Crippen molar-refractivity contribution < 1.29 is 17.9 Å². The van der Waals surface area contributed by atoms with E-state index in [4.69, 9.17) is 0 Å². The Morgan fingerprint density at radius 2 is 1.67 bits per heavy atom. The lowest BCUT2D eigenvalue weighted by Gasteiger charge is -2.19. The summed E-state index contributed by atoms with van der Waals surface area (Å²) < 4.78 is 27.8. The first-order valence-corrected chi connectivity index (χ1v) is 7.22. The van der Waals surface area contributed by atoms with Gasteiger partial charge in [0.05, 0.1) is 23.2 Å². The van der Waals surface area contributed by atoms with Crippen molar-refractivity contribution >= 4 is 15.8 Å². The van der Waals surface area contributed by atoms with E-state index in [2.05, 4.69) is 4.74 Å². The fraction of sp³-hybridized carbons (Fsp3) is 0.462. The van der Waals surface area contributed by atoms with Gasteiger partial charge in [0.25, 0.3) is 0 Å². The molecule has 100 valence electrons. The Morgan fingerprint density at radius 3 is 2.06 bits per heavy atom. The Bertz CT molecular complexity index is 521. The highest BCUT2D eigenvalue weighted by atomic mass is 32.2. The van der Waals surface area contributed by atoms with Gasteiger partial charge < -0.3 is 4.74 Å². The Balaban J connectivity index is 2.92. The third-order valence-electron chi connectivity index (χ3n) is 2.66. The van der Waals surface area contributed by atoms with Crippen LogP contribution >= 0.6 is 0 Å². The summed E-state index contributed by atoms with van der Waals surface area (Å²) >= 11 is 0. The molecule has 1 aromatic rings. The highest BCUT2D eigenvalue weighted by Crippen LogP contribution is 2.20. The molecule has 0 aliphatic carbocycles. The van der Waals surface area contributed by atoms with Crippen molar-refractivity contribution in [3.05, 3.63) is 35.4 Å². The molecule has 0 saturated heterocycles. The van der Waals surface area contributed by atoms with Gasteiger partial charge in [-0.15, -0.1) is 0 Å². The van der Waals surface area contributed by atoms with Crippen LogP contribution in [0.15, 0.2) is 24.3 Å². The lowest BCUT2D eigenvalue weighted by molar-refractivity contribution is 0.0600. The molecule has 0 aliphatic heterocycles. The molecular weight excluding hydrogens is 252 g/mol. The van der Waals surface area contributed by atoms with E-state index in [0.29, 0.717) is 11.1 Å². The van der Waals surface area contributed by atoms with Crippen LogP contribution < -0.4 is 0 Å². The summed E-state index contributed by atoms with van der Waals surface area (Å²) in [5.41, 5.74) is 1.08. The second kappa shape index (κ2) is 5.10. The van der Waals surface area contributed by atoms with E-state index < -0.39 is 20.6 Å². The van der Waals surface area contributed by atoms with Gasteiger partial charge in [0.2, 0.25) is 0 Å². The van der Waals surface area contributed by atoms with E-state index in [-0.39, 0.29) is 5.75 Å². The van der Waals surface area contributed by atoms with Crippen LogP contribution in [0, 0.1) is 0 Å². The number of methoxy groups -OCH3 is 1. The minimum Gasteiger partial charge on any atom is -0.465 e. The SMILES string of the molecule is COC(=O)c1ccc(CS(=O)(=O)C(C)(C)C)cc1. The lowest BCUT2D eigenvalue weighted by atomic mass is 10.1. The lowest BCUT2D eigenvalue weighted by Crippen LogP contribution is -2.29. The topological polar surface area (TPSA) is 60.4 Å². The molecule has 0 bridgehead atoms. The van der Waals surface area contributed by atoms with Crippen molar-refractivity contribution in [1.29, 1.82) is 0 Å². The minimum absolute atomic E-state index is 0.0298. The van der Waals surface area contributed by atoms with Crippen LogP contribution in [-0.2, 0) is 20.3 Å². The standard InChI is InChI=1S/C13H18O4S/c1-13(2,3)18(15,16)9-10-5-7-11(8-6-10)12(14)17-4/h5-8H,9H2,1-4H3. The molecule has 0 spiro atoms. The summed E-state index contributed by atoms with van der Waals surface area (Å²) in [6.07, 6.45) is 0. The normalized spacial score (nSPS) is 12.2. The molecular formula is C13H18O4S. The first kappa shape index (κ1) is 14.7. The van der Waals surface area contributed by atoms with Crippen LogP contribution in [0.1, 0.15) is 36.7 Å². The molecule has 0 fully saturated rings. The van der Waals surface area contributed by atoms with Gasteiger partial charge in [0.15, 0.2) is 9.84 Å². The van der Waals surface area contributed by atoms with E-state index in [1.54, 1.807) is 45.0 Å². The van der Waals surface area contributed by atoms with Gasteiger partial charge in [0, 0.05) is 0 Å². The van der Waals surface area contributed by atoms with Crippen molar-refractivity contribution in [2.24, 2.45) is 0 Å². The molecule has 18 heavy (non-hydrogen) atoms. The molecule has 0 unspecified atom stereocenters. The molecule has 0 aromatic heterocycles. The van der Waals surface area contributed by atoms with Crippen molar-refractivity contribution in [2.45, 2.75) is 31.3 Å². The Morgan fingerprint density at radius 1 is 1.17 bits per heavy atom. The Labute approximate surface area is 108 Å². The second-order valence-electron chi connectivity index (χ2n) is 5.06. The van der Waals surface area contributed by atoms with Crippen molar-refractivity contribution in [1.82, 2.24) is 0 Å². The Hall–Kier alpha value is -1.36. The predicted molar refractivity (Wildman–Crippen MR) is 70.2 cm³/mol. The fourth-order valence-electron chi connectivity index (χ4n) is 1.29. The first-order valence-electron chi connectivity index (χ1n) is 5.57. The number of carbonyl (C=O) groups is 1. The second-order valence-corrected chi connectivity index (χ2v) is 7.80. The first-order chi connectivity index (χ1) is 8.17. The average Bonchev–Trinajstić information content (AvgIpc) is 2.27. The van der Waals surface area contributed by atoms with E-state index >= 15 is 0 Å². The quantitative estimate of drug-likeness (QED) is 0.790. The van der Waals surface area contributed by atoms with Crippen LogP contribution in [0.4, 0.5) is 0 Å². The summed E-state index contributed by atoms with van der Waals surface area (Å²) in [5.74, 6) is -0.460. The minimum atomic E-state index is -3.21. The molecule has 4 nitrogen and oxygen atoms in total. The Kier molecular flexibility index (Phi) is 4.16. The molecule has 0 saturated carbocycles. The molecule has 0 amide bonds. The molecule has 5 heteroatoms. The summed E-state index contributed by atoms with van der Waals surface area (Å²) in [4.78, 5) is 11.2. The number of sulfone groups is 1. The predicted octanol–water partition coefficient (Wildman–Crippen LogP) is 2.19. The average molecular weight is 270 g/mol. The van der Waals surface area contributed by atoms with E-state index in [1.807, 2.05) is 0 Å². The van der Waals surface area contributed by atoms with Gasteiger partial charge in [-0.2, -0.15) is 0 Å². The number of ether oxygens (including phenoxy) is 1. The van der Waals surface area contributed by atoms with E-state index in [0.717, 1.165) is 0 Å². The number of benzene rings is 1. The molecule has 0 radical (unpaired) electrons. The highest BCUT2D eigenvalue weighted by Gasteiger charge is 2.28. The van der Waals surface area contributed by atoms with Gasteiger partial charge in [-0.25, -0.2) is 13.2 Å². The highest BCUT2D eigenvalue weighted by molar-refractivity contribution is 7.91. The smallest absolute Gasteiger partial charge is 0.337 e. The molecule has 1 aromatic carbocycles. The third-order valence-corrected chi connectivity index (χ3v) is 5.24. The zero-order chi connectivity index (χ0) is 14.0. The van der Waals surface area contributed by atoms with Gasteiger partial charge in [-0.3, -0.25) is 0 Å². The van der Waals surface area contributed by atoms with Crippen LogP contribution in [0.2, 0.25) is 0 Å².